The lowest BCUT2D eigenvalue weighted by molar-refractivity contribution is 0.0953. The predicted molar refractivity (Wildman–Crippen MR) is 92.7 cm³/mol. The van der Waals surface area contributed by atoms with Crippen molar-refractivity contribution < 1.29 is 4.79 Å². The molecular formula is C18H23N3O. The molecule has 4 heteroatoms. The number of carbonyl (C=O) groups is 1. The van der Waals surface area contributed by atoms with Crippen LogP contribution in [-0.2, 0) is 0 Å². The van der Waals surface area contributed by atoms with Crippen molar-refractivity contribution in [3.05, 3.63) is 53.1 Å². The zero-order valence-electron chi connectivity index (χ0n) is 13.4. The van der Waals surface area contributed by atoms with Crippen molar-refractivity contribution in [3.63, 3.8) is 0 Å². The molecule has 2 rings (SSSR count). The van der Waals surface area contributed by atoms with Crippen molar-refractivity contribution in [2.24, 2.45) is 0 Å². The molecule has 0 aliphatic heterocycles. The minimum atomic E-state index is -0.0912. The number of aryl methyl sites for hydroxylation is 2. The Morgan fingerprint density at radius 1 is 1.09 bits per heavy atom. The summed E-state index contributed by atoms with van der Waals surface area (Å²) in [5.41, 5.74) is 11.4. The second-order valence-electron chi connectivity index (χ2n) is 5.56. The molecule has 0 saturated carbocycles. The molecule has 0 atom stereocenters. The monoisotopic (exact) mass is 297 g/mol. The third-order valence-electron chi connectivity index (χ3n) is 3.35. The maximum absolute atomic E-state index is 11.9. The SMILES string of the molecule is CCCNC(=O)c1ccc(Nc2cc(C)cc(C)c2)c(N)c1. The molecule has 4 N–H and O–H groups in total. The van der Waals surface area contributed by atoms with Crippen molar-refractivity contribution in [2.45, 2.75) is 27.2 Å². The molecule has 0 spiro atoms. The minimum absolute atomic E-state index is 0.0912. The van der Waals surface area contributed by atoms with E-state index in [1.165, 1.54) is 11.1 Å². The largest absolute Gasteiger partial charge is 0.397 e. The van der Waals surface area contributed by atoms with E-state index in [4.69, 9.17) is 5.73 Å². The molecule has 0 aliphatic rings. The Balaban J connectivity index is 2.17. The Morgan fingerprint density at radius 2 is 1.77 bits per heavy atom. The summed E-state index contributed by atoms with van der Waals surface area (Å²) in [5, 5.41) is 6.15. The van der Waals surface area contributed by atoms with Gasteiger partial charge in [-0.2, -0.15) is 0 Å². The van der Waals surface area contributed by atoms with Crippen LogP contribution >= 0.6 is 0 Å². The molecule has 2 aromatic carbocycles. The molecule has 0 saturated heterocycles. The number of nitrogen functional groups attached to an aromatic ring is 1. The fraction of sp³-hybridized carbons (Fsp3) is 0.278. The van der Waals surface area contributed by atoms with Gasteiger partial charge in [0.05, 0.1) is 11.4 Å². The van der Waals surface area contributed by atoms with Gasteiger partial charge in [0, 0.05) is 17.8 Å². The van der Waals surface area contributed by atoms with E-state index < -0.39 is 0 Å². The van der Waals surface area contributed by atoms with Gasteiger partial charge < -0.3 is 16.4 Å². The van der Waals surface area contributed by atoms with E-state index in [9.17, 15) is 4.79 Å². The van der Waals surface area contributed by atoms with Crippen LogP contribution in [0.3, 0.4) is 0 Å². The summed E-state index contributed by atoms with van der Waals surface area (Å²) in [6.07, 6.45) is 0.910. The highest BCUT2D eigenvalue weighted by molar-refractivity contribution is 5.96. The van der Waals surface area contributed by atoms with Crippen LogP contribution in [0.4, 0.5) is 17.1 Å². The zero-order chi connectivity index (χ0) is 16.1. The highest BCUT2D eigenvalue weighted by Crippen LogP contribution is 2.25. The number of hydrogen-bond acceptors (Lipinski definition) is 3. The summed E-state index contributed by atoms with van der Waals surface area (Å²) >= 11 is 0. The van der Waals surface area contributed by atoms with Crippen molar-refractivity contribution in [1.29, 1.82) is 0 Å². The van der Waals surface area contributed by atoms with E-state index in [1.54, 1.807) is 12.1 Å². The second-order valence-corrected chi connectivity index (χ2v) is 5.56. The molecule has 0 heterocycles. The van der Waals surface area contributed by atoms with Crippen LogP contribution < -0.4 is 16.4 Å². The van der Waals surface area contributed by atoms with E-state index in [-0.39, 0.29) is 5.91 Å². The van der Waals surface area contributed by atoms with Crippen LogP contribution in [0.2, 0.25) is 0 Å². The van der Waals surface area contributed by atoms with Crippen molar-refractivity contribution in [3.8, 4) is 0 Å². The van der Waals surface area contributed by atoms with E-state index in [1.807, 2.05) is 13.0 Å². The Bertz CT molecular complexity index is 660. The smallest absolute Gasteiger partial charge is 0.251 e. The van der Waals surface area contributed by atoms with Gasteiger partial charge >= 0.3 is 0 Å². The molecule has 0 radical (unpaired) electrons. The molecule has 0 fully saturated rings. The lowest BCUT2D eigenvalue weighted by Crippen LogP contribution is -2.24. The molecule has 116 valence electrons. The number of carbonyl (C=O) groups excluding carboxylic acids is 1. The van der Waals surface area contributed by atoms with Crippen LogP contribution in [0, 0.1) is 13.8 Å². The summed E-state index contributed by atoms with van der Waals surface area (Å²) in [4.78, 5) is 11.9. The van der Waals surface area contributed by atoms with Crippen LogP contribution in [-0.4, -0.2) is 12.5 Å². The molecule has 0 aliphatic carbocycles. The van der Waals surface area contributed by atoms with Gasteiger partial charge in [-0.1, -0.05) is 13.0 Å². The first-order valence-electron chi connectivity index (χ1n) is 7.52. The third-order valence-corrected chi connectivity index (χ3v) is 3.35. The van der Waals surface area contributed by atoms with E-state index in [2.05, 4.69) is 42.7 Å². The predicted octanol–water partition coefficient (Wildman–Crippen LogP) is 3.77. The Morgan fingerprint density at radius 3 is 2.36 bits per heavy atom. The van der Waals surface area contributed by atoms with Crippen molar-refractivity contribution in [2.75, 3.05) is 17.6 Å². The van der Waals surface area contributed by atoms with E-state index in [0.29, 0.717) is 17.8 Å². The average molecular weight is 297 g/mol. The van der Waals surface area contributed by atoms with E-state index >= 15 is 0 Å². The van der Waals surface area contributed by atoms with Gasteiger partial charge in [-0.15, -0.1) is 0 Å². The Kier molecular flexibility index (Phi) is 5.04. The molecule has 2 aromatic rings. The quantitative estimate of drug-likeness (QED) is 0.736. The normalized spacial score (nSPS) is 10.3. The lowest BCUT2D eigenvalue weighted by atomic mass is 10.1. The van der Waals surface area contributed by atoms with Gasteiger partial charge in [-0.3, -0.25) is 4.79 Å². The first-order chi connectivity index (χ1) is 10.5. The fourth-order valence-electron chi connectivity index (χ4n) is 2.36. The second kappa shape index (κ2) is 6.98. The number of benzene rings is 2. The molecule has 0 bridgehead atoms. The highest BCUT2D eigenvalue weighted by Gasteiger charge is 2.08. The van der Waals surface area contributed by atoms with Crippen LogP contribution in [0.1, 0.15) is 34.8 Å². The number of rotatable bonds is 5. The van der Waals surface area contributed by atoms with Crippen molar-refractivity contribution >= 4 is 23.0 Å². The first kappa shape index (κ1) is 15.9. The zero-order valence-corrected chi connectivity index (χ0v) is 13.4. The van der Waals surface area contributed by atoms with Crippen molar-refractivity contribution in [1.82, 2.24) is 5.32 Å². The Labute approximate surface area is 131 Å². The van der Waals surface area contributed by atoms with Gasteiger partial charge in [0.1, 0.15) is 0 Å². The maximum Gasteiger partial charge on any atom is 0.251 e. The van der Waals surface area contributed by atoms with Gasteiger partial charge in [0.15, 0.2) is 0 Å². The summed E-state index contributed by atoms with van der Waals surface area (Å²) in [5.74, 6) is -0.0912. The summed E-state index contributed by atoms with van der Waals surface area (Å²) in [7, 11) is 0. The number of nitrogens with two attached hydrogens (primary N) is 1. The minimum Gasteiger partial charge on any atom is -0.397 e. The number of hydrogen-bond donors (Lipinski definition) is 3. The van der Waals surface area contributed by atoms with Crippen LogP contribution in [0.15, 0.2) is 36.4 Å². The third kappa shape index (κ3) is 4.01. The van der Waals surface area contributed by atoms with Crippen LogP contribution in [0.25, 0.3) is 0 Å². The number of anilines is 3. The van der Waals surface area contributed by atoms with Gasteiger partial charge in [0.2, 0.25) is 0 Å². The van der Waals surface area contributed by atoms with Gasteiger partial charge in [-0.25, -0.2) is 0 Å². The maximum atomic E-state index is 11.9. The number of nitrogens with one attached hydrogen (secondary N) is 2. The molecule has 0 unspecified atom stereocenters. The summed E-state index contributed by atoms with van der Waals surface area (Å²) in [6.45, 7) is 6.80. The standard InChI is InChI=1S/C18H23N3O/c1-4-7-20-18(22)14-5-6-17(16(19)11-14)21-15-9-12(2)8-13(3)10-15/h5-6,8-11,21H,4,7,19H2,1-3H3,(H,20,22). The number of amides is 1. The Hall–Kier alpha value is -2.49. The molecule has 1 amide bonds. The average Bonchev–Trinajstić information content (AvgIpc) is 2.45. The summed E-state index contributed by atoms with van der Waals surface area (Å²) < 4.78 is 0. The van der Waals surface area contributed by atoms with Gasteiger partial charge in [-0.05, 0) is 61.7 Å². The topological polar surface area (TPSA) is 67.2 Å². The molecular weight excluding hydrogens is 274 g/mol. The van der Waals surface area contributed by atoms with Crippen LogP contribution in [0.5, 0.6) is 0 Å². The summed E-state index contributed by atoms with van der Waals surface area (Å²) in [6, 6.07) is 11.6. The molecule has 4 nitrogen and oxygen atoms in total. The van der Waals surface area contributed by atoms with E-state index in [0.717, 1.165) is 17.8 Å². The highest BCUT2D eigenvalue weighted by atomic mass is 16.1. The first-order valence-corrected chi connectivity index (χ1v) is 7.52. The fourth-order valence-corrected chi connectivity index (χ4v) is 2.36. The molecule has 22 heavy (non-hydrogen) atoms. The molecule has 0 aromatic heterocycles. The lowest BCUT2D eigenvalue weighted by Gasteiger charge is -2.12. The van der Waals surface area contributed by atoms with Gasteiger partial charge in [0.25, 0.3) is 5.91 Å².